The number of methoxy groups -OCH3 is 1. The van der Waals surface area contributed by atoms with Crippen molar-refractivity contribution in [1.29, 1.82) is 5.41 Å². The van der Waals surface area contributed by atoms with Gasteiger partial charge in [-0.15, -0.1) is 0 Å². The highest BCUT2D eigenvalue weighted by atomic mass is 19.4. The summed E-state index contributed by atoms with van der Waals surface area (Å²) in [6.07, 6.45) is -3.74. The summed E-state index contributed by atoms with van der Waals surface area (Å²) in [5, 5.41) is 8.96. The van der Waals surface area contributed by atoms with Crippen molar-refractivity contribution in [3.8, 4) is 0 Å². The van der Waals surface area contributed by atoms with Crippen LogP contribution in [0, 0.1) is 12.3 Å². The van der Waals surface area contributed by atoms with Crippen molar-refractivity contribution in [2.45, 2.75) is 32.1 Å². The van der Waals surface area contributed by atoms with Crippen LogP contribution in [0.1, 0.15) is 28.3 Å². The number of benzene rings is 3. The summed E-state index contributed by atoms with van der Waals surface area (Å²) in [6, 6.07) is 21.0. The van der Waals surface area contributed by atoms with Crippen molar-refractivity contribution >= 4 is 11.0 Å². The summed E-state index contributed by atoms with van der Waals surface area (Å²) >= 11 is 0. The van der Waals surface area contributed by atoms with E-state index in [2.05, 4.69) is 24.3 Å². The second kappa shape index (κ2) is 9.27. The molecule has 1 N–H and O–H groups in total. The summed E-state index contributed by atoms with van der Waals surface area (Å²) in [5.74, 6) is 0. The second-order valence-corrected chi connectivity index (χ2v) is 8.27. The van der Waals surface area contributed by atoms with Gasteiger partial charge in [0.05, 0.1) is 35.8 Å². The quantitative estimate of drug-likeness (QED) is 0.382. The number of hydrogen-bond donors (Lipinski definition) is 1. The molecule has 172 valence electrons. The van der Waals surface area contributed by atoms with Crippen molar-refractivity contribution < 1.29 is 17.9 Å². The third-order valence-corrected chi connectivity index (χ3v) is 5.83. The number of rotatable bonds is 7. The number of ether oxygens (including phenoxy) is 1. The largest absolute Gasteiger partial charge is 0.416 e. The lowest BCUT2D eigenvalue weighted by Crippen LogP contribution is -2.31. The molecule has 7 heteroatoms. The zero-order valence-corrected chi connectivity index (χ0v) is 18.6. The third kappa shape index (κ3) is 4.88. The van der Waals surface area contributed by atoms with Crippen LogP contribution >= 0.6 is 0 Å². The lowest BCUT2D eigenvalue weighted by atomic mass is 10.0. The van der Waals surface area contributed by atoms with Crippen LogP contribution in [-0.2, 0) is 23.9 Å². The van der Waals surface area contributed by atoms with Crippen LogP contribution in [0.25, 0.3) is 11.0 Å². The molecule has 4 nitrogen and oxygen atoms in total. The van der Waals surface area contributed by atoms with Gasteiger partial charge in [0.2, 0.25) is 5.62 Å². The highest BCUT2D eigenvalue weighted by molar-refractivity contribution is 5.76. The molecule has 0 radical (unpaired) electrons. The number of aryl methyl sites for hydroxylation is 1. The Hall–Kier alpha value is -3.32. The summed E-state index contributed by atoms with van der Waals surface area (Å²) < 4.78 is 48.8. The van der Waals surface area contributed by atoms with Gasteiger partial charge >= 0.3 is 6.18 Å². The van der Waals surface area contributed by atoms with Crippen LogP contribution in [-0.4, -0.2) is 22.9 Å². The van der Waals surface area contributed by atoms with Crippen molar-refractivity contribution in [3.05, 3.63) is 101 Å². The Morgan fingerprint density at radius 1 is 0.909 bits per heavy atom. The number of nitrogens with zero attached hydrogens (tertiary/aromatic N) is 2. The molecule has 4 aromatic rings. The van der Waals surface area contributed by atoms with Gasteiger partial charge in [0, 0.05) is 7.11 Å². The number of halogens is 3. The molecule has 0 aliphatic rings. The van der Waals surface area contributed by atoms with E-state index in [-0.39, 0.29) is 18.2 Å². The summed E-state index contributed by atoms with van der Waals surface area (Å²) in [6.45, 7) is 2.61. The molecule has 3 aromatic carbocycles. The molecule has 0 spiro atoms. The smallest absolute Gasteiger partial charge is 0.383 e. The van der Waals surface area contributed by atoms with Crippen LogP contribution in [0.3, 0.4) is 0 Å². The maximum Gasteiger partial charge on any atom is 0.416 e. The Morgan fingerprint density at radius 3 is 2.27 bits per heavy atom. The van der Waals surface area contributed by atoms with E-state index >= 15 is 0 Å². The molecule has 4 rings (SSSR count). The molecule has 1 aromatic heterocycles. The van der Waals surface area contributed by atoms with E-state index in [1.165, 1.54) is 11.6 Å². The molecule has 0 saturated heterocycles. The van der Waals surface area contributed by atoms with Crippen LogP contribution in [0.4, 0.5) is 13.2 Å². The van der Waals surface area contributed by atoms with Crippen molar-refractivity contribution in [1.82, 2.24) is 9.13 Å². The molecule has 0 aliphatic carbocycles. The standard InChI is InChI=1S/C26H26F3N3O/c1-18-10-12-19(13-11-18)15-22(17-33-2)32-24-9-4-3-8-23(24)31(25(32)30)16-20-6-5-7-21(14-20)26(27,28)29/h3-14,22,30H,15-17H2,1-2H3. The Morgan fingerprint density at radius 2 is 1.61 bits per heavy atom. The third-order valence-electron chi connectivity index (χ3n) is 5.83. The Labute approximate surface area is 190 Å². The molecule has 1 atom stereocenters. The van der Waals surface area contributed by atoms with Crippen LogP contribution in [0.2, 0.25) is 0 Å². The van der Waals surface area contributed by atoms with Crippen LogP contribution in [0.15, 0.2) is 72.8 Å². The number of fused-ring (bicyclic) bond motifs is 1. The Balaban J connectivity index is 1.78. The van der Waals surface area contributed by atoms with Gasteiger partial charge in [-0.25, -0.2) is 0 Å². The maximum atomic E-state index is 13.2. The average molecular weight is 454 g/mol. The van der Waals surface area contributed by atoms with Gasteiger partial charge in [0.15, 0.2) is 0 Å². The monoisotopic (exact) mass is 453 g/mol. The van der Waals surface area contributed by atoms with E-state index in [1.54, 1.807) is 17.7 Å². The molecule has 0 saturated carbocycles. The van der Waals surface area contributed by atoms with Crippen molar-refractivity contribution in [2.75, 3.05) is 13.7 Å². The first-order chi connectivity index (χ1) is 15.8. The molecule has 0 amide bonds. The highest BCUT2D eigenvalue weighted by Gasteiger charge is 2.30. The lowest BCUT2D eigenvalue weighted by molar-refractivity contribution is -0.137. The van der Waals surface area contributed by atoms with Crippen molar-refractivity contribution in [2.24, 2.45) is 0 Å². The lowest BCUT2D eigenvalue weighted by Gasteiger charge is -2.19. The van der Waals surface area contributed by atoms with E-state index in [1.807, 2.05) is 35.8 Å². The molecule has 1 unspecified atom stereocenters. The molecular weight excluding hydrogens is 427 g/mol. The van der Waals surface area contributed by atoms with E-state index in [9.17, 15) is 13.2 Å². The van der Waals surface area contributed by atoms with E-state index in [0.717, 1.165) is 28.7 Å². The van der Waals surface area contributed by atoms with Gasteiger partial charge in [0.25, 0.3) is 0 Å². The zero-order chi connectivity index (χ0) is 23.6. The van der Waals surface area contributed by atoms with E-state index < -0.39 is 11.7 Å². The minimum Gasteiger partial charge on any atom is -0.383 e. The second-order valence-electron chi connectivity index (χ2n) is 8.27. The van der Waals surface area contributed by atoms with Gasteiger partial charge in [-0.3, -0.25) is 5.41 Å². The fourth-order valence-corrected chi connectivity index (χ4v) is 4.23. The first kappa shape index (κ1) is 22.9. The minimum absolute atomic E-state index is 0.141. The SMILES string of the molecule is COCC(Cc1ccc(C)cc1)n1c(=N)n(Cc2cccc(C(F)(F)F)c2)c2ccccc21. The molecular formula is C26H26F3N3O. The summed E-state index contributed by atoms with van der Waals surface area (Å²) in [7, 11) is 1.63. The molecule has 1 heterocycles. The topological polar surface area (TPSA) is 42.9 Å². The fraction of sp³-hybridized carbons (Fsp3) is 0.269. The Kier molecular flexibility index (Phi) is 6.42. The first-order valence-electron chi connectivity index (χ1n) is 10.7. The number of nitrogens with one attached hydrogen (secondary N) is 1. The van der Waals surface area contributed by atoms with Gasteiger partial charge in [-0.2, -0.15) is 13.2 Å². The van der Waals surface area contributed by atoms with Crippen molar-refractivity contribution in [3.63, 3.8) is 0 Å². The number of hydrogen-bond acceptors (Lipinski definition) is 2. The predicted octanol–water partition coefficient (Wildman–Crippen LogP) is 5.73. The zero-order valence-electron chi connectivity index (χ0n) is 18.6. The highest BCUT2D eigenvalue weighted by Crippen LogP contribution is 2.30. The first-order valence-corrected chi connectivity index (χ1v) is 10.7. The minimum atomic E-state index is -4.41. The normalized spacial score (nSPS) is 12.9. The van der Waals surface area contributed by atoms with E-state index in [0.29, 0.717) is 18.6 Å². The van der Waals surface area contributed by atoms with Gasteiger partial charge < -0.3 is 13.9 Å². The molecule has 0 fully saturated rings. The number of alkyl halides is 3. The fourth-order valence-electron chi connectivity index (χ4n) is 4.23. The summed E-state index contributed by atoms with van der Waals surface area (Å²) in [5.41, 5.74) is 3.98. The van der Waals surface area contributed by atoms with E-state index in [4.69, 9.17) is 10.1 Å². The van der Waals surface area contributed by atoms with Gasteiger partial charge in [-0.1, -0.05) is 54.1 Å². The number of aromatic nitrogens is 2. The van der Waals surface area contributed by atoms with Crippen LogP contribution in [0.5, 0.6) is 0 Å². The van der Waals surface area contributed by atoms with Gasteiger partial charge in [0.1, 0.15) is 0 Å². The maximum absolute atomic E-state index is 13.2. The molecule has 0 aliphatic heterocycles. The predicted molar refractivity (Wildman–Crippen MR) is 122 cm³/mol. The number of imidazole rings is 1. The van der Waals surface area contributed by atoms with Gasteiger partial charge in [-0.05, 0) is 48.7 Å². The number of para-hydroxylation sites is 2. The molecule has 0 bridgehead atoms. The molecule has 33 heavy (non-hydrogen) atoms. The van der Waals surface area contributed by atoms with Crippen LogP contribution < -0.4 is 5.62 Å². The average Bonchev–Trinajstić information content (AvgIpc) is 3.06. The Bertz CT molecular complexity index is 1300. The summed E-state index contributed by atoms with van der Waals surface area (Å²) in [4.78, 5) is 0.